The van der Waals surface area contributed by atoms with Gasteiger partial charge in [-0.3, -0.25) is 14.2 Å². The van der Waals surface area contributed by atoms with E-state index in [1.165, 1.54) is 10.6 Å². The quantitative estimate of drug-likeness (QED) is 0.656. The van der Waals surface area contributed by atoms with Crippen LogP contribution in [0, 0.1) is 0 Å². The largest absolute Gasteiger partial charge is 0.493 e. The van der Waals surface area contributed by atoms with Gasteiger partial charge in [0.05, 0.1) is 29.5 Å². The van der Waals surface area contributed by atoms with Crippen molar-refractivity contribution in [1.82, 2.24) is 9.55 Å². The van der Waals surface area contributed by atoms with Crippen molar-refractivity contribution in [1.29, 1.82) is 0 Å². The molecule has 1 aliphatic heterocycles. The Labute approximate surface area is 174 Å². The van der Waals surface area contributed by atoms with Gasteiger partial charge in [-0.25, -0.2) is 4.98 Å². The van der Waals surface area contributed by atoms with Crippen LogP contribution < -0.4 is 10.3 Å². The first-order chi connectivity index (χ1) is 14.7. The van der Waals surface area contributed by atoms with Crippen molar-refractivity contribution >= 4 is 28.5 Å². The average molecular weight is 430 g/mol. The number of hydrogen-bond acceptors (Lipinski definition) is 4. The fourth-order valence-electron chi connectivity index (χ4n) is 3.45. The van der Waals surface area contributed by atoms with Gasteiger partial charge in [-0.15, -0.1) is 0 Å². The van der Waals surface area contributed by atoms with Gasteiger partial charge in [0.25, 0.3) is 5.56 Å². The van der Waals surface area contributed by atoms with E-state index in [9.17, 15) is 22.8 Å². The van der Waals surface area contributed by atoms with Gasteiger partial charge in [-0.2, -0.15) is 13.2 Å². The summed E-state index contributed by atoms with van der Waals surface area (Å²) < 4.78 is 46.0. The van der Waals surface area contributed by atoms with Gasteiger partial charge in [0.1, 0.15) is 11.6 Å². The normalized spacial score (nSPS) is 14.7. The van der Waals surface area contributed by atoms with E-state index in [1.807, 2.05) is 6.08 Å². The number of hydrogen-bond donors (Lipinski definition) is 1. The first kappa shape index (κ1) is 20.6. The smallest absolute Gasteiger partial charge is 0.416 e. The number of halogens is 3. The molecule has 0 unspecified atom stereocenters. The minimum Gasteiger partial charge on any atom is -0.493 e. The molecule has 0 radical (unpaired) electrons. The first-order valence-corrected chi connectivity index (χ1v) is 9.50. The Morgan fingerprint density at radius 2 is 1.94 bits per heavy atom. The van der Waals surface area contributed by atoms with Crippen LogP contribution in [0.15, 0.2) is 47.3 Å². The summed E-state index contributed by atoms with van der Waals surface area (Å²) in [6.07, 6.45) is -2.27. The van der Waals surface area contributed by atoms with E-state index in [0.29, 0.717) is 24.5 Å². The monoisotopic (exact) mass is 430 g/mol. The number of fused-ring (bicyclic) bond motifs is 2. The minimum atomic E-state index is -4.52. The molecule has 0 saturated heterocycles. The summed E-state index contributed by atoms with van der Waals surface area (Å²) in [6, 6.07) is 9.89. The van der Waals surface area contributed by atoms with Gasteiger partial charge >= 0.3 is 12.1 Å². The number of allylic oxidation sites excluding steroid dienone is 1. The summed E-state index contributed by atoms with van der Waals surface area (Å²) in [5.41, 5.74) is 0.350. The van der Waals surface area contributed by atoms with Crippen LogP contribution >= 0.6 is 0 Å². The Morgan fingerprint density at radius 1 is 1.19 bits per heavy atom. The average Bonchev–Trinajstić information content (AvgIpc) is 3.11. The van der Waals surface area contributed by atoms with E-state index in [4.69, 9.17) is 9.84 Å². The highest BCUT2D eigenvalue weighted by molar-refractivity contribution is 5.85. The number of rotatable bonds is 5. The molecule has 31 heavy (non-hydrogen) atoms. The van der Waals surface area contributed by atoms with Crippen LogP contribution in [0.5, 0.6) is 5.75 Å². The lowest BCUT2D eigenvalue weighted by Crippen LogP contribution is -2.21. The van der Waals surface area contributed by atoms with Gasteiger partial charge in [0.15, 0.2) is 0 Å². The molecule has 6 nitrogen and oxygen atoms in total. The molecule has 0 saturated carbocycles. The Kier molecular flexibility index (Phi) is 5.26. The van der Waals surface area contributed by atoms with Crippen molar-refractivity contribution in [2.45, 2.75) is 25.6 Å². The number of carboxylic acid groups (broad SMARTS) is 1. The number of nitrogens with zero attached hydrogens (tertiary/aromatic N) is 2. The maximum Gasteiger partial charge on any atom is 0.416 e. The maximum absolute atomic E-state index is 13.0. The Morgan fingerprint density at radius 3 is 2.61 bits per heavy atom. The molecule has 0 bridgehead atoms. The second-order valence-electron chi connectivity index (χ2n) is 7.10. The molecule has 1 aromatic heterocycles. The summed E-state index contributed by atoms with van der Waals surface area (Å²) in [6.45, 7) is 0.462. The molecule has 1 aliphatic rings. The van der Waals surface area contributed by atoms with Gasteiger partial charge in [0.2, 0.25) is 0 Å². The second-order valence-corrected chi connectivity index (χ2v) is 7.10. The van der Waals surface area contributed by atoms with Gasteiger partial charge in [0, 0.05) is 6.54 Å². The van der Waals surface area contributed by atoms with Crippen molar-refractivity contribution in [3.05, 3.63) is 69.8 Å². The number of carbonyl (C=O) groups is 1. The van der Waals surface area contributed by atoms with Crippen molar-refractivity contribution in [3.8, 4) is 5.75 Å². The number of carboxylic acids is 1. The van der Waals surface area contributed by atoms with E-state index < -0.39 is 17.7 Å². The number of alkyl halides is 3. The predicted octanol–water partition coefficient (Wildman–Crippen LogP) is 4.21. The standard InChI is InChI=1S/C22H17F3N2O4/c23-22(24,25)15-3-6-17-18(12-15)26-20-14(7-9-27(20)21(17)30)11-13-1-4-16(5-2-13)31-10-8-19(28)29/h1-6,11-12H,7-10H2,(H,28,29)/b14-11+. The van der Waals surface area contributed by atoms with E-state index in [0.717, 1.165) is 23.3 Å². The maximum atomic E-state index is 13.0. The summed E-state index contributed by atoms with van der Waals surface area (Å²) in [5.74, 6) is -0.0623. The molecular formula is C22H17F3N2O4. The van der Waals surface area contributed by atoms with Gasteiger partial charge in [-0.1, -0.05) is 12.1 Å². The third-order valence-corrected chi connectivity index (χ3v) is 4.98. The molecule has 160 valence electrons. The molecule has 0 aliphatic carbocycles. The molecule has 1 N–H and O–H groups in total. The number of aromatic nitrogens is 2. The lowest BCUT2D eigenvalue weighted by molar-refractivity contribution is -0.138. The third-order valence-electron chi connectivity index (χ3n) is 4.98. The number of benzene rings is 2. The summed E-state index contributed by atoms with van der Waals surface area (Å²) in [7, 11) is 0. The van der Waals surface area contributed by atoms with Crippen LogP contribution in [0.3, 0.4) is 0 Å². The SMILES string of the molecule is O=C(O)CCOc1ccc(/C=C2\CCn3c2nc2cc(C(F)(F)F)ccc2c3=O)cc1. The van der Waals surface area contributed by atoms with Crippen LogP contribution in [-0.2, 0) is 17.5 Å². The van der Waals surface area contributed by atoms with Crippen LogP contribution in [-0.4, -0.2) is 27.2 Å². The molecule has 0 atom stereocenters. The van der Waals surface area contributed by atoms with E-state index in [2.05, 4.69) is 4.98 Å². The number of aliphatic carboxylic acids is 1. The topological polar surface area (TPSA) is 81.4 Å². The van der Waals surface area contributed by atoms with Crippen molar-refractivity contribution in [3.63, 3.8) is 0 Å². The molecular weight excluding hydrogens is 413 g/mol. The zero-order valence-electron chi connectivity index (χ0n) is 16.1. The van der Waals surface area contributed by atoms with Crippen molar-refractivity contribution in [2.75, 3.05) is 6.61 Å². The van der Waals surface area contributed by atoms with Gasteiger partial charge < -0.3 is 9.84 Å². The molecule has 0 amide bonds. The molecule has 0 fully saturated rings. The highest BCUT2D eigenvalue weighted by Crippen LogP contribution is 2.32. The third kappa shape index (κ3) is 4.30. The molecule has 0 spiro atoms. The summed E-state index contributed by atoms with van der Waals surface area (Å²) in [5, 5.41) is 8.80. The zero-order valence-corrected chi connectivity index (χ0v) is 16.1. The lowest BCUT2D eigenvalue weighted by atomic mass is 10.1. The Balaban J connectivity index is 1.65. The molecule has 3 aromatic rings. The summed E-state index contributed by atoms with van der Waals surface area (Å²) in [4.78, 5) is 27.6. The minimum absolute atomic E-state index is 0.0149. The van der Waals surface area contributed by atoms with Gasteiger partial charge in [-0.05, 0) is 54.0 Å². The van der Waals surface area contributed by atoms with Crippen LogP contribution in [0.4, 0.5) is 13.2 Å². The van der Waals surface area contributed by atoms with E-state index in [-0.39, 0.29) is 29.5 Å². The molecule has 2 aromatic carbocycles. The Bertz CT molecular complexity index is 1240. The van der Waals surface area contributed by atoms with E-state index >= 15 is 0 Å². The van der Waals surface area contributed by atoms with Crippen molar-refractivity contribution < 1.29 is 27.8 Å². The fraction of sp³-hybridized carbons (Fsp3) is 0.227. The highest BCUT2D eigenvalue weighted by atomic mass is 19.4. The summed E-state index contributed by atoms with van der Waals surface area (Å²) >= 11 is 0. The van der Waals surface area contributed by atoms with Crippen LogP contribution in [0.2, 0.25) is 0 Å². The molecule has 2 heterocycles. The van der Waals surface area contributed by atoms with Crippen LogP contribution in [0.1, 0.15) is 29.8 Å². The molecule has 9 heteroatoms. The predicted molar refractivity (Wildman–Crippen MR) is 108 cm³/mol. The molecule has 4 rings (SSSR count). The second kappa shape index (κ2) is 7.90. The first-order valence-electron chi connectivity index (χ1n) is 9.50. The lowest BCUT2D eigenvalue weighted by Gasteiger charge is -2.09. The zero-order chi connectivity index (χ0) is 22.2. The van der Waals surface area contributed by atoms with Crippen LogP contribution in [0.25, 0.3) is 22.6 Å². The fourth-order valence-corrected chi connectivity index (χ4v) is 3.45. The van der Waals surface area contributed by atoms with Crippen molar-refractivity contribution in [2.24, 2.45) is 0 Å². The number of ether oxygens (including phenoxy) is 1. The van der Waals surface area contributed by atoms with E-state index in [1.54, 1.807) is 24.3 Å². The highest BCUT2D eigenvalue weighted by Gasteiger charge is 2.31. The Hall–Kier alpha value is -3.62.